The van der Waals surface area contributed by atoms with E-state index in [1.165, 1.54) is 11.3 Å². The minimum atomic E-state index is -0.507. The van der Waals surface area contributed by atoms with Crippen LogP contribution in [-0.4, -0.2) is 16.6 Å². The van der Waals surface area contributed by atoms with Gasteiger partial charge in [0.25, 0.3) is 0 Å². The first kappa shape index (κ1) is 15.7. The lowest BCUT2D eigenvalue weighted by atomic mass is 10.1. The highest BCUT2D eigenvalue weighted by atomic mass is 32.1. The number of thiazole rings is 1. The van der Waals surface area contributed by atoms with Crippen molar-refractivity contribution in [3.63, 3.8) is 0 Å². The quantitative estimate of drug-likeness (QED) is 0.881. The summed E-state index contributed by atoms with van der Waals surface area (Å²) < 4.78 is 5.41. The summed E-state index contributed by atoms with van der Waals surface area (Å²) >= 11 is 1.35. The molecule has 4 nitrogen and oxygen atoms in total. The van der Waals surface area contributed by atoms with E-state index in [1.807, 2.05) is 52.0 Å². The maximum atomic E-state index is 12.2. The number of carbonyl (C=O) groups is 1. The molecule has 0 unspecified atom stereocenters. The molecule has 2 aromatic rings. The summed E-state index contributed by atoms with van der Waals surface area (Å²) in [5, 5.41) is 0.809. The van der Waals surface area contributed by atoms with Crippen LogP contribution < -0.4 is 5.73 Å². The van der Waals surface area contributed by atoms with E-state index in [4.69, 9.17) is 10.5 Å². The van der Waals surface area contributed by atoms with Gasteiger partial charge >= 0.3 is 5.97 Å². The first-order valence-electron chi connectivity index (χ1n) is 6.80. The Hall–Kier alpha value is -1.72. The number of carbonyl (C=O) groups excluding carboxylic acids is 1. The Morgan fingerprint density at radius 1 is 1.38 bits per heavy atom. The third kappa shape index (κ3) is 3.89. The number of benzene rings is 1. The monoisotopic (exact) mass is 304 g/mol. The first-order chi connectivity index (χ1) is 9.80. The predicted octanol–water partition coefficient (Wildman–Crippen LogP) is 3.53. The van der Waals surface area contributed by atoms with Crippen molar-refractivity contribution in [3.05, 3.63) is 40.4 Å². The number of aryl methyl sites for hydroxylation is 1. The zero-order valence-electron chi connectivity index (χ0n) is 12.8. The Labute approximate surface area is 129 Å². The van der Waals surface area contributed by atoms with E-state index in [9.17, 15) is 4.79 Å². The van der Waals surface area contributed by atoms with E-state index in [0.29, 0.717) is 17.1 Å². The number of hydrogen-bond acceptors (Lipinski definition) is 5. The van der Waals surface area contributed by atoms with E-state index in [-0.39, 0.29) is 5.97 Å². The summed E-state index contributed by atoms with van der Waals surface area (Å²) in [6, 6.07) is 7.88. The van der Waals surface area contributed by atoms with Crippen LogP contribution >= 0.6 is 11.3 Å². The lowest BCUT2D eigenvalue weighted by molar-refractivity contribution is 0.00742. The van der Waals surface area contributed by atoms with E-state index in [0.717, 1.165) is 16.1 Å². The third-order valence-electron chi connectivity index (χ3n) is 2.79. The summed E-state index contributed by atoms with van der Waals surface area (Å²) in [4.78, 5) is 17.2. The molecule has 2 N–H and O–H groups in total. The van der Waals surface area contributed by atoms with Crippen molar-refractivity contribution in [1.82, 2.24) is 4.98 Å². The number of aromatic nitrogens is 1. The molecule has 1 aromatic heterocycles. The zero-order valence-corrected chi connectivity index (χ0v) is 13.6. The van der Waals surface area contributed by atoms with E-state index in [1.54, 1.807) is 0 Å². The van der Waals surface area contributed by atoms with Crippen LogP contribution in [0, 0.1) is 6.92 Å². The molecule has 1 heterocycles. The van der Waals surface area contributed by atoms with Gasteiger partial charge in [0.05, 0.1) is 5.69 Å². The molecule has 0 saturated carbocycles. The van der Waals surface area contributed by atoms with Gasteiger partial charge in [-0.15, -0.1) is 11.3 Å². The van der Waals surface area contributed by atoms with E-state index in [2.05, 4.69) is 4.98 Å². The predicted molar refractivity (Wildman–Crippen MR) is 85.3 cm³/mol. The van der Waals surface area contributed by atoms with Gasteiger partial charge in [-0.1, -0.05) is 18.2 Å². The molecule has 0 saturated heterocycles. The van der Waals surface area contributed by atoms with Crippen LogP contribution in [0.15, 0.2) is 24.3 Å². The molecule has 0 fully saturated rings. The summed E-state index contributed by atoms with van der Waals surface area (Å²) in [6.45, 7) is 7.87. The zero-order chi connectivity index (χ0) is 15.6. The Bertz CT molecular complexity index is 657. The minimum absolute atomic E-state index is 0.321. The SMILES string of the molecule is Cc1nc(-c2cccc(CN)c2)sc1C(=O)OC(C)(C)C. The van der Waals surface area contributed by atoms with E-state index >= 15 is 0 Å². The smallest absolute Gasteiger partial charge is 0.350 e. The van der Waals surface area contributed by atoms with Gasteiger partial charge < -0.3 is 10.5 Å². The fourth-order valence-corrected chi connectivity index (χ4v) is 2.80. The van der Waals surface area contributed by atoms with Gasteiger partial charge in [0.15, 0.2) is 0 Å². The number of ether oxygens (including phenoxy) is 1. The molecule has 112 valence electrons. The molecule has 0 amide bonds. The van der Waals surface area contributed by atoms with Crippen molar-refractivity contribution in [3.8, 4) is 10.6 Å². The lowest BCUT2D eigenvalue weighted by Gasteiger charge is -2.18. The highest BCUT2D eigenvalue weighted by molar-refractivity contribution is 7.17. The molecule has 21 heavy (non-hydrogen) atoms. The molecule has 0 aliphatic carbocycles. The second kappa shape index (κ2) is 5.95. The molecule has 0 aliphatic heterocycles. The molecule has 5 heteroatoms. The van der Waals surface area contributed by atoms with Crippen LogP contribution in [0.25, 0.3) is 10.6 Å². The fraction of sp³-hybridized carbons (Fsp3) is 0.375. The number of nitrogens with zero attached hydrogens (tertiary/aromatic N) is 1. The Balaban J connectivity index is 2.32. The number of nitrogens with two attached hydrogens (primary N) is 1. The molecule has 0 spiro atoms. The van der Waals surface area contributed by atoms with Crippen LogP contribution in [0.2, 0.25) is 0 Å². The van der Waals surface area contributed by atoms with Crippen LogP contribution in [0.5, 0.6) is 0 Å². The van der Waals surface area contributed by atoms with Gasteiger partial charge in [-0.2, -0.15) is 0 Å². The number of hydrogen-bond donors (Lipinski definition) is 1. The topological polar surface area (TPSA) is 65.2 Å². The van der Waals surface area contributed by atoms with Gasteiger partial charge in [0.2, 0.25) is 0 Å². The summed E-state index contributed by atoms with van der Waals surface area (Å²) in [7, 11) is 0. The Morgan fingerprint density at radius 2 is 2.10 bits per heavy atom. The summed E-state index contributed by atoms with van der Waals surface area (Å²) in [6.07, 6.45) is 0. The van der Waals surface area contributed by atoms with Gasteiger partial charge in [0, 0.05) is 12.1 Å². The average molecular weight is 304 g/mol. The van der Waals surface area contributed by atoms with Gasteiger partial charge in [-0.05, 0) is 39.3 Å². The largest absolute Gasteiger partial charge is 0.456 e. The van der Waals surface area contributed by atoms with Crippen molar-refractivity contribution in [2.24, 2.45) is 5.73 Å². The molecule has 0 aliphatic rings. The van der Waals surface area contributed by atoms with Gasteiger partial charge in [-0.25, -0.2) is 9.78 Å². The molecule has 2 rings (SSSR count). The molecular formula is C16H20N2O2S. The Kier molecular flexibility index (Phi) is 4.44. The summed E-state index contributed by atoms with van der Waals surface area (Å²) in [5.74, 6) is -0.321. The van der Waals surface area contributed by atoms with Crippen LogP contribution in [0.1, 0.15) is 41.7 Å². The second-order valence-corrected chi connectivity index (χ2v) is 6.84. The first-order valence-corrected chi connectivity index (χ1v) is 7.62. The maximum absolute atomic E-state index is 12.2. The summed E-state index contributed by atoms with van der Waals surface area (Å²) in [5.41, 5.74) is 7.86. The van der Waals surface area contributed by atoms with Crippen molar-refractivity contribution in [2.75, 3.05) is 0 Å². The van der Waals surface area contributed by atoms with Crippen molar-refractivity contribution >= 4 is 17.3 Å². The molecular weight excluding hydrogens is 284 g/mol. The molecule has 0 radical (unpaired) electrons. The van der Waals surface area contributed by atoms with Crippen LogP contribution in [0.4, 0.5) is 0 Å². The fourth-order valence-electron chi connectivity index (χ4n) is 1.87. The number of rotatable bonds is 3. The van der Waals surface area contributed by atoms with Crippen molar-refractivity contribution in [1.29, 1.82) is 0 Å². The molecule has 1 aromatic carbocycles. The van der Waals surface area contributed by atoms with Crippen LogP contribution in [0.3, 0.4) is 0 Å². The Morgan fingerprint density at radius 3 is 2.71 bits per heavy atom. The normalized spacial score (nSPS) is 11.5. The third-order valence-corrected chi connectivity index (χ3v) is 3.98. The standard InChI is InChI=1S/C16H20N2O2S/c1-10-13(15(19)20-16(2,3)4)21-14(18-10)12-7-5-6-11(8-12)9-17/h5-8H,9,17H2,1-4H3. The second-order valence-electron chi connectivity index (χ2n) is 5.84. The van der Waals surface area contributed by atoms with Crippen molar-refractivity contribution in [2.45, 2.75) is 39.8 Å². The van der Waals surface area contributed by atoms with Gasteiger partial charge in [-0.3, -0.25) is 0 Å². The molecule has 0 bridgehead atoms. The number of esters is 1. The van der Waals surface area contributed by atoms with Crippen molar-refractivity contribution < 1.29 is 9.53 Å². The minimum Gasteiger partial charge on any atom is -0.456 e. The average Bonchev–Trinajstić information content (AvgIpc) is 2.79. The van der Waals surface area contributed by atoms with Gasteiger partial charge in [0.1, 0.15) is 15.5 Å². The van der Waals surface area contributed by atoms with E-state index < -0.39 is 5.60 Å². The lowest BCUT2D eigenvalue weighted by Crippen LogP contribution is -2.23. The highest BCUT2D eigenvalue weighted by Gasteiger charge is 2.22. The van der Waals surface area contributed by atoms with Crippen LogP contribution in [-0.2, 0) is 11.3 Å². The highest BCUT2D eigenvalue weighted by Crippen LogP contribution is 2.29. The molecule has 0 atom stereocenters. The maximum Gasteiger partial charge on any atom is 0.350 e.